The Bertz CT molecular complexity index is 1040. The van der Waals surface area contributed by atoms with Gasteiger partial charge in [-0.05, 0) is 46.4 Å². The second kappa shape index (κ2) is 6.13. The first-order chi connectivity index (χ1) is 11.4. The predicted molar refractivity (Wildman–Crippen MR) is 93.1 cm³/mol. The number of amides is 1. The first kappa shape index (κ1) is 16.3. The van der Waals surface area contributed by atoms with E-state index in [2.05, 4.69) is 26.3 Å². The van der Waals surface area contributed by atoms with Crippen LogP contribution in [0.1, 0.15) is 16.2 Å². The normalized spacial score (nSPS) is 10.8. The molecule has 2 aromatic heterocycles. The molecule has 0 aliphatic rings. The number of benzene rings is 1. The highest BCUT2D eigenvalue weighted by atomic mass is 79.9. The third-order valence-electron chi connectivity index (χ3n) is 3.28. The van der Waals surface area contributed by atoms with Crippen LogP contribution in [0, 0.1) is 17.0 Å². The first-order valence-corrected chi connectivity index (χ1v) is 8.28. The van der Waals surface area contributed by atoms with E-state index in [1.165, 1.54) is 23.5 Å². The Kier molecular flexibility index (Phi) is 4.16. The van der Waals surface area contributed by atoms with Gasteiger partial charge in [0.2, 0.25) is 0 Å². The molecule has 24 heavy (non-hydrogen) atoms. The summed E-state index contributed by atoms with van der Waals surface area (Å²) in [6, 6.07) is 5.59. The molecular weight excluding hydrogens is 400 g/mol. The number of fused-ring (bicyclic) bond motifs is 1. The van der Waals surface area contributed by atoms with Crippen molar-refractivity contribution in [3.63, 3.8) is 0 Å². The number of halogens is 1. The number of rotatable bonds is 3. The summed E-state index contributed by atoms with van der Waals surface area (Å²) in [5, 5.41) is 13.1. The summed E-state index contributed by atoms with van der Waals surface area (Å²) in [6.07, 6.45) is 0. The van der Waals surface area contributed by atoms with E-state index < -0.39 is 16.4 Å². The van der Waals surface area contributed by atoms with E-state index in [0.29, 0.717) is 16.0 Å². The van der Waals surface area contributed by atoms with Gasteiger partial charge in [-0.2, -0.15) is 0 Å². The van der Waals surface area contributed by atoms with Gasteiger partial charge in [-0.25, -0.2) is 9.66 Å². The molecule has 1 N–H and O–H groups in total. The van der Waals surface area contributed by atoms with E-state index in [1.54, 1.807) is 18.4 Å². The van der Waals surface area contributed by atoms with Gasteiger partial charge in [0.05, 0.1) is 14.8 Å². The van der Waals surface area contributed by atoms with Crippen LogP contribution in [0.25, 0.3) is 10.2 Å². The smallest absolute Gasteiger partial charge is 0.267 e. The van der Waals surface area contributed by atoms with Crippen molar-refractivity contribution in [3.8, 4) is 0 Å². The summed E-state index contributed by atoms with van der Waals surface area (Å²) in [5.41, 5.74) is 1.85. The van der Waals surface area contributed by atoms with Gasteiger partial charge in [-0.3, -0.25) is 25.1 Å². The minimum absolute atomic E-state index is 0.0571. The Hall–Kier alpha value is -2.59. The molecule has 0 fully saturated rings. The minimum Gasteiger partial charge on any atom is -0.267 e. The number of thiophene rings is 1. The molecule has 3 aromatic rings. The molecule has 0 aliphatic heterocycles. The Morgan fingerprint density at radius 1 is 1.42 bits per heavy atom. The number of carbonyl (C=O) groups is 1. The maximum absolute atomic E-state index is 12.4. The minimum atomic E-state index is -0.646. The highest BCUT2D eigenvalue weighted by Gasteiger charge is 2.17. The zero-order valence-corrected chi connectivity index (χ0v) is 14.6. The van der Waals surface area contributed by atoms with Crippen molar-refractivity contribution in [3.05, 3.63) is 66.0 Å². The molecule has 0 atom stereocenters. The van der Waals surface area contributed by atoms with Crippen molar-refractivity contribution < 1.29 is 9.72 Å². The fourth-order valence-corrected chi connectivity index (χ4v) is 3.30. The number of hydrogen-bond donors (Lipinski definition) is 1. The van der Waals surface area contributed by atoms with Crippen molar-refractivity contribution in [2.75, 3.05) is 5.43 Å². The van der Waals surface area contributed by atoms with Gasteiger partial charge in [-0.1, -0.05) is 0 Å². The largest absolute Gasteiger partial charge is 0.284 e. The van der Waals surface area contributed by atoms with Crippen molar-refractivity contribution in [1.29, 1.82) is 0 Å². The summed E-state index contributed by atoms with van der Waals surface area (Å²) in [5.74, 6) is -0.331. The second-order valence-electron chi connectivity index (χ2n) is 4.80. The van der Waals surface area contributed by atoms with Gasteiger partial charge in [0, 0.05) is 11.6 Å². The van der Waals surface area contributed by atoms with Crippen LogP contribution in [-0.2, 0) is 0 Å². The highest BCUT2D eigenvalue weighted by Crippen LogP contribution is 2.25. The molecule has 10 heteroatoms. The van der Waals surface area contributed by atoms with Crippen LogP contribution in [0.3, 0.4) is 0 Å². The predicted octanol–water partition coefficient (Wildman–Crippen LogP) is 2.82. The van der Waals surface area contributed by atoms with Gasteiger partial charge in [0.15, 0.2) is 0 Å². The van der Waals surface area contributed by atoms with Crippen LogP contribution in [0.15, 0.2) is 38.9 Å². The average Bonchev–Trinajstić information content (AvgIpc) is 2.99. The second-order valence-corrected chi connectivity index (χ2v) is 6.55. The third kappa shape index (κ3) is 2.81. The summed E-state index contributed by atoms with van der Waals surface area (Å²) < 4.78 is 1.30. The number of nitrogens with zero attached hydrogens (tertiary/aromatic N) is 3. The number of nitro groups is 1. The highest BCUT2D eigenvalue weighted by molar-refractivity contribution is 9.10. The number of aromatic nitrogens is 2. The van der Waals surface area contributed by atoms with Gasteiger partial charge in [0.1, 0.15) is 10.7 Å². The molecule has 2 heterocycles. The van der Waals surface area contributed by atoms with Crippen LogP contribution in [0.2, 0.25) is 0 Å². The lowest BCUT2D eigenvalue weighted by Crippen LogP contribution is -2.35. The molecule has 0 spiro atoms. The van der Waals surface area contributed by atoms with Crippen LogP contribution < -0.4 is 11.0 Å². The molecule has 8 nitrogen and oxygen atoms in total. The molecule has 0 saturated carbocycles. The summed E-state index contributed by atoms with van der Waals surface area (Å²) in [6.45, 7) is 1.59. The molecular formula is C14H9BrN4O4S. The van der Waals surface area contributed by atoms with Gasteiger partial charge in [0.25, 0.3) is 17.2 Å². The van der Waals surface area contributed by atoms with E-state index in [0.717, 1.165) is 10.7 Å². The Balaban J connectivity index is 2.00. The Labute approximate surface area is 147 Å². The molecule has 122 valence electrons. The SMILES string of the molecule is Cc1nc2sccc2c(=O)n1NC(=O)c1ccc(Br)c([N+](=O)[O-])c1. The zero-order chi connectivity index (χ0) is 17.4. The lowest BCUT2D eigenvalue weighted by molar-refractivity contribution is -0.385. The van der Waals surface area contributed by atoms with Crippen molar-refractivity contribution in [2.24, 2.45) is 0 Å². The van der Waals surface area contributed by atoms with Crippen LogP contribution in [-0.4, -0.2) is 20.5 Å². The first-order valence-electron chi connectivity index (χ1n) is 6.60. The van der Waals surface area contributed by atoms with Crippen molar-refractivity contribution in [2.45, 2.75) is 6.92 Å². The topological polar surface area (TPSA) is 107 Å². The van der Waals surface area contributed by atoms with E-state index in [-0.39, 0.29) is 15.7 Å². The van der Waals surface area contributed by atoms with Gasteiger partial charge in [-0.15, -0.1) is 11.3 Å². The van der Waals surface area contributed by atoms with Crippen molar-refractivity contribution in [1.82, 2.24) is 9.66 Å². The zero-order valence-electron chi connectivity index (χ0n) is 12.1. The van der Waals surface area contributed by atoms with Crippen LogP contribution in [0.5, 0.6) is 0 Å². The van der Waals surface area contributed by atoms with Gasteiger partial charge >= 0.3 is 0 Å². The Morgan fingerprint density at radius 3 is 2.88 bits per heavy atom. The molecule has 1 amide bonds. The number of hydrogen-bond acceptors (Lipinski definition) is 6. The van der Waals surface area contributed by atoms with Crippen LogP contribution in [0.4, 0.5) is 5.69 Å². The average molecular weight is 409 g/mol. The Morgan fingerprint density at radius 2 is 2.17 bits per heavy atom. The molecule has 0 radical (unpaired) electrons. The molecule has 0 aliphatic carbocycles. The lowest BCUT2D eigenvalue weighted by Gasteiger charge is -2.11. The van der Waals surface area contributed by atoms with Crippen LogP contribution >= 0.6 is 27.3 Å². The maximum Gasteiger partial charge on any atom is 0.284 e. The molecule has 1 aromatic carbocycles. The fraction of sp³-hybridized carbons (Fsp3) is 0.0714. The number of aryl methyl sites for hydroxylation is 1. The molecule has 3 rings (SSSR count). The maximum atomic E-state index is 12.4. The molecule has 0 saturated heterocycles. The van der Waals surface area contributed by atoms with E-state index in [4.69, 9.17) is 0 Å². The van der Waals surface area contributed by atoms with E-state index in [9.17, 15) is 19.7 Å². The number of nitro benzene ring substituents is 1. The number of nitrogens with one attached hydrogen (secondary N) is 1. The quantitative estimate of drug-likeness (QED) is 0.529. The summed E-state index contributed by atoms with van der Waals surface area (Å²) in [7, 11) is 0. The fourth-order valence-electron chi connectivity index (χ4n) is 2.11. The van der Waals surface area contributed by atoms with Crippen molar-refractivity contribution >= 4 is 49.1 Å². The third-order valence-corrected chi connectivity index (χ3v) is 4.76. The standard InChI is InChI=1S/C14H9BrN4O4S/c1-7-16-13-9(4-5-24-13)14(21)18(7)17-12(20)8-2-3-10(15)11(6-8)19(22)23/h2-6H,1H3,(H,17,20). The molecule has 0 bridgehead atoms. The van der Waals surface area contributed by atoms with E-state index in [1.807, 2.05) is 0 Å². The lowest BCUT2D eigenvalue weighted by atomic mass is 10.2. The summed E-state index contributed by atoms with van der Waals surface area (Å²) >= 11 is 4.38. The van der Waals surface area contributed by atoms with E-state index >= 15 is 0 Å². The monoisotopic (exact) mass is 408 g/mol. The number of carbonyl (C=O) groups excluding carboxylic acids is 1. The van der Waals surface area contributed by atoms with Gasteiger partial charge < -0.3 is 0 Å². The summed E-state index contributed by atoms with van der Waals surface area (Å²) in [4.78, 5) is 40.0. The molecule has 0 unspecified atom stereocenters.